The topological polar surface area (TPSA) is 66.9 Å². The number of benzene rings is 1. The molecule has 0 aliphatic carbocycles. The van der Waals surface area contributed by atoms with E-state index in [9.17, 15) is 14.4 Å². The third-order valence-corrected chi connectivity index (χ3v) is 5.22. The highest BCUT2D eigenvalue weighted by Crippen LogP contribution is 2.33. The average molecular weight is 441 g/mol. The summed E-state index contributed by atoms with van der Waals surface area (Å²) in [7, 11) is 3.87. The maximum absolute atomic E-state index is 12.4. The van der Waals surface area contributed by atoms with Crippen LogP contribution in [-0.4, -0.2) is 49.3 Å². The maximum atomic E-state index is 12.4. The number of hydrogen-bond donors (Lipinski definition) is 0. The number of amides is 2. The summed E-state index contributed by atoms with van der Waals surface area (Å²) in [6.07, 6.45) is 3.31. The van der Waals surface area contributed by atoms with Crippen molar-refractivity contribution < 1.29 is 19.1 Å². The molecule has 0 N–H and O–H groups in total. The summed E-state index contributed by atoms with van der Waals surface area (Å²) < 4.78 is 5.91. The number of esters is 1. The number of ether oxygens (including phenoxy) is 1. The van der Waals surface area contributed by atoms with Gasteiger partial charge in [-0.25, -0.2) is 0 Å². The first-order valence-corrected chi connectivity index (χ1v) is 9.82. The minimum atomic E-state index is -0.569. The summed E-state index contributed by atoms with van der Waals surface area (Å²) in [5.41, 5.74) is 1.79. The van der Waals surface area contributed by atoms with E-state index in [4.69, 9.17) is 4.74 Å². The molecule has 1 aromatic carbocycles. The van der Waals surface area contributed by atoms with E-state index in [1.165, 1.54) is 0 Å². The lowest BCUT2D eigenvalue weighted by Gasteiger charge is -2.14. The minimum Gasteiger partial charge on any atom is -0.464 e. The van der Waals surface area contributed by atoms with Gasteiger partial charge in [0.25, 0.3) is 11.1 Å². The van der Waals surface area contributed by atoms with Crippen molar-refractivity contribution in [1.82, 2.24) is 4.90 Å². The Balaban J connectivity index is 2.09. The fourth-order valence-electron chi connectivity index (χ4n) is 2.27. The molecule has 1 heterocycles. The molecular formula is C18H21BrN2O4S. The highest BCUT2D eigenvalue weighted by Gasteiger charge is 2.36. The Labute approximate surface area is 165 Å². The molecule has 1 aliphatic rings. The summed E-state index contributed by atoms with van der Waals surface area (Å²) in [5, 5.41) is -0.460. The Bertz CT molecular complexity index is 749. The summed E-state index contributed by atoms with van der Waals surface area (Å²) in [6.45, 7) is 1.93. The number of hydrogen-bond acceptors (Lipinski definition) is 6. The monoisotopic (exact) mass is 440 g/mol. The van der Waals surface area contributed by atoms with Crippen molar-refractivity contribution in [2.45, 2.75) is 19.8 Å². The summed E-state index contributed by atoms with van der Waals surface area (Å²) in [4.78, 5) is 39.4. The Morgan fingerprint density at radius 1 is 1.35 bits per heavy atom. The van der Waals surface area contributed by atoms with Gasteiger partial charge in [-0.2, -0.15) is 0 Å². The third-order valence-electron chi connectivity index (χ3n) is 3.67. The zero-order valence-electron chi connectivity index (χ0n) is 15.0. The second-order valence-corrected chi connectivity index (χ2v) is 7.79. The van der Waals surface area contributed by atoms with Gasteiger partial charge < -0.3 is 9.64 Å². The van der Waals surface area contributed by atoms with E-state index in [1.54, 1.807) is 6.08 Å². The lowest BCUT2D eigenvalue weighted by atomic mass is 10.2. The largest absolute Gasteiger partial charge is 0.464 e. The number of carbonyl (C=O) groups is 3. The highest BCUT2D eigenvalue weighted by atomic mass is 79.9. The standard InChI is InChI=1S/C18H21BrN2O4S/c1-4-5-8-25-16(22)11-21-17(23)15(26-18(21)24)10-12-6-7-14(20(2)3)13(19)9-12/h6-7,9-10H,4-5,8,11H2,1-3H3/b15-10-. The third kappa shape index (κ3) is 5.11. The molecular weight excluding hydrogens is 420 g/mol. The van der Waals surface area contributed by atoms with Crippen LogP contribution >= 0.6 is 27.7 Å². The van der Waals surface area contributed by atoms with Gasteiger partial charge >= 0.3 is 5.97 Å². The number of unbranched alkanes of at least 4 members (excludes halogenated alkanes) is 1. The lowest BCUT2D eigenvalue weighted by molar-refractivity contribution is -0.146. The van der Waals surface area contributed by atoms with Crippen LogP contribution < -0.4 is 4.90 Å². The molecule has 26 heavy (non-hydrogen) atoms. The Hall–Kier alpha value is -1.80. The Morgan fingerprint density at radius 2 is 2.08 bits per heavy atom. The van der Waals surface area contributed by atoms with Crippen LogP contribution in [0, 0.1) is 0 Å². The van der Waals surface area contributed by atoms with Gasteiger partial charge in [-0.05, 0) is 57.9 Å². The zero-order chi connectivity index (χ0) is 19.3. The first-order chi connectivity index (χ1) is 12.3. The van der Waals surface area contributed by atoms with E-state index in [1.807, 2.05) is 44.1 Å². The molecule has 2 rings (SSSR count). The molecule has 1 fully saturated rings. The molecule has 6 nitrogen and oxygen atoms in total. The Morgan fingerprint density at radius 3 is 2.69 bits per heavy atom. The van der Waals surface area contributed by atoms with Crippen molar-refractivity contribution >= 4 is 56.6 Å². The molecule has 0 saturated carbocycles. The zero-order valence-corrected chi connectivity index (χ0v) is 17.4. The molecule has 8 heteroatoms. The maximum Gasteiger partial charge on any atom is 0.326 e. The summed E-state index contributed by atoms with van der Waals surface area (Å²) >= 11 is 4.33. The molecule has 0 bridgehead atoms. The molecule has 0 unspecified atom stereocenters. The van der Waals surface area contributed by atoms with Gasteiger partial charge in [-0.3, -0.25) is 19.3 Å². The normalized spacial score (nSPS) is 15.7. The van der Waals surface area contributed by atoms with Crippen molar-refractivity contribution in [3.05, 3.63) is 33.1 Å². The van der Waals surface area contributed by atoms with Gasteiger partial charge in [0.2, 0.25) is 0 Å². The highest BCUT2D eigenvalue weighted by molar-refractivity contribution is 9.10. The van der Waals surface area contributed by atoms with Crippen molar-refractivity contribution in [2.75, 3.05) is 32.1 Å². The van der Waals surface area contributed by atoms with E-state index in [0.717, 1.165) is 45.2 Å². The quantitative estimate of drug-likeness (QED) is 0.363. The first kappa shape index (κ1) is 20.5. The number of nitrogens with zero attached hydrogens (tertiary/aromatic N) is 2. The molecule has 0 radical (unpaired) electrons. The van der Waals surface area contributed by atoms with Gasteiger partial charge in [0, 0.05) is 18.6 Å². The number of imide groups is 1. The van der Waals surface area contributed by atoms with Gasteiger partial charge in [0.1, 0.15) is 6.54 Å². The second kappa shape index (κ2) is 9.23. The van der Waals surface area contributed by atoms with Crippen molar-refractivity contribution in [2.24, 2.45) is 0 Å². The van der Waals surface area contributed by atoms with Crippen LogP contribution in [-0.2, 0) is 14.3 Å². The summed E-state index contributed by atoms with van der Waals surface area (Å²) in [5.74, 6) is -1.04. The molecule has 2 amide bonds. The first-order valence-electron chi connectivity index (χ1n) is 8.21. The van der Waals surface area contributed by atoms with Gasteiger partial charge in [0.15, 0.2) is 0 Å². The molecule has 1 saturated heterocycles. The van der Waals surface area contributed by atoms with E-state index in [-0.39, 0.29) is 6.54 Å². The predicted octanol–water partition coefficient (Wildman–Crippen LogP) is 3.89. The van der Waals surface area contributed by atoms with E-state index >= 15 is 0 Å². The number of halogens is 1. The fourth-order valence-corrected chi connectivity index (χ4v) is 3.86. The number of thioether (sulfide) groups is 1. The second-order valence-electron chi connectivity index (χ2n) is 5.95. The smallest absolute Gasteiger partial charge is 0.326 e. The van der Waals surface area contributed by atoms with E-state index in [0.29, 0.717) is 11.5 Å². The van der Waals surface area contributed by atoms with Crippen LogP contribution in [0.4, 0.5) is 10.5 Å². The molecule has 0 spiro atoms. The van der Waals surface area contributed by atoms with Crippen molar-refractivity contribution in [3.63, 3.8) is 0 Å². The number of carbonyl (C=O) groups excluding carboxylic acids is 3. The molecule has 140 valence electrons. The van der Waals surface area contributed by atoms with Crippen LogP contribution in [0.2, 0.25) is 0 Å². The fraction of sp³-hybridized carbons (Fsp3) is 0.389. The van der Waals surface area contributed by atoms with E-state index < -0.39 is 17.1 Å². The number of rotatable bonds is 7. The lowest BCUT2D eigenvalue weighted by Crippen LogP contribution is -2.34. The van der Waals surface area contributed by atoms with Crippen LogP contribution in [0.1, 0.15) is 25.3 Å². The molecule has 0 atom stereocenters. The van der Waals surface area contributed by atoms with Crippen LogP contribution in [0.15, 0.2) is 27.6 Å². The van der Waals surface area contributed by atoms with Gasteiger partial charge in [-0.1, -0.05) is 19.4 Å². The van der Waals surface area contributed by atoms with Crippen molar-refractivity contribution in [3.8, 4) is 0 Å². The molecule has 1 aliphatic heterocycles. The summed E-state index contributed by atoms with van der Waals surface area (Å²) in [6, 6.07) is 5.67. The average Bonchev–Trinajstić information content (AvgIpc) is 2.82. The van der Waals surface area contributed by atoms with Crippen LogP contribution in [0.5, 0.6) is 0 Å². The van der Waals surface area contributed by atoms with Crippen LogP contribution in [0.25, 0.3) is 6.08 Å². The minimum absolute atomic E-state index is 0.292. The van der Waals surface area contributed by atoms with Crippen molar-refractivity contribution in [1.29, 1.82) is 0 Å². The van der Waals surface area contributed by atoms with E-state index in [2.05, 4.69) is 15.9 Å². The Kier molecular flexibility index (Phi) is 7.28. The SMILES string of the molecule is CCCCOC(=O)CN1C(=O)S/C(=C\c2ccc(N(C)C)c(Br)c2)C1=O. The molecule has 0 aromatic heterocycles. The number of anilines is 1. The van der Waals surface area contributed by atoms with Gasteiger partial charge in [-0.15, -0.1) is 0 Å². The van der Waals surface area contributed by atoms with Gasteiger partial charge in [0.05, 0.1) is 17.2 Å². The van der Waals surface area contributed by atoms with Crippen LogP contribution in [0.3, 0.4) is 0 Å². The predicted molar refractivity (Wildman–Crippen MR) is 107 cm³/mol. The molecule has 1 aromatic rings.